The van der Waals surface area contributed by atoms with Crippen LogP contribution >= 0.6 is 0 Å². The van der Waals surface area contributed by atoms with Crippen molar-refractivity contribution < 1.29 is 9.31 Å². The number of anilines is 1. The summed E-state index contributed by atoms with van der Waals surface area (Å²) in [4.78, 5) is 2.48. The first-order valence-corrected chi connectivity index (χ1v) is 13.3. The van der Waals surface area contributed by atoms with Crippen LogP contribution in [0.1, 0.15) is 22.3 Å². The van der Waals surface area contributed by atoms with Crippen LogP contribution in [0.5, 0.6) is 0 Å². The van der Waals surface area contributed by atoms with E-state index >= 15 is 0 Å². The maximum Gasteiger partial charge on any atom is 0.494 e. The molecule has 4 aromatic rings. The lowest BCUT2D eigenvalue weighted by molar-refractivity contribution is 0.187. The highest BCUT2D eigenvalue weighted by atomic mass is 16.6. The molecule has 2 aliphatic rings. The second kappa shape index (κ2) is 10.5. The van der Waals surface area contributed by atoms with Crippen molar-refractivity contribution in [2.75, 3.05) is 38.3 Å². The van der Waals surface area contributed by atoms with Crippen LogP contribution in [-0.2, 0) is 21.1 Å². The van der Waals surface area contributed by atoms with Crippen LogP contribution in [0.25, 0.3) is 0 Å². The van der Waals surface area contributed by atoms with Crippen molar-refractivity contribution in [2.24, 2.45) is 0 Å². The molecule has 0 aromatic heterocycles. The normalized spacial score (nSPS) is 18.2. The van der Waals surface area contributed by atoms with Crippen LogP contribution in [0.3, 0.4) is 0 Å². The lowest BCUT2D eigenvalue weighted by atomic mass is 9.63. The minimum Gasteiger partial charge on any atom is -0.406 e. The van der Waals surface area contributed by atoms with Crippen LogP contribution < -0.4 is 15.7 Å². The van der Waals surface area contributed by atoms with Gasteiger partial charge in [0.1, 0.15) is 0 Å². The van der Waals surface area contributed by atoms with Crippen molar-refractivity contribution in [1.82, 2.24) is 5.32 Å². The summed E-state index contributed by atoms with van der Waals surface area (Å²) in [5.41, 5.74) is 7.23. The van der Waals surface area contributed by atoms with Gasteiger partial charge in [-0.2, -0.15) is 0 Å². The smallest absolute Gasteiger partial charge is 0.406 e. The molecular weight excluding hydrogens is 455 g/mol. The van der Waals surface area contributed by atoms with E-state index in [1.165, 1.54) is 27.9 Å². The first kappa shape index (κ1) is 24.0. The van der Waals surface area contributed by atoms with Gasteiger partial charge in [0.15, 0.2) is 0 Å². The van der Waals surface area contributed by atoms with E-state index in [2.05, 4.69) is 126 Å². The van der Waals surface area contributed by atoms with Gasteiger partial charge < -0.3 is 19.5 Å². The third-order valence-electron chi connectivity index (χ3n) is 7.97. The Morgan fingerprint density at radius 3 is 1.73 bits per heavy atom. The quantitative estimate of drug-likeness (QED) is 0.333. The number of benzene rings is 4. The Morgan fingerprint density at radius 2 is 1.22 bits per heavy atom. The van der Waals surface area contributed by atoms with Gasteiger partial charge in [0.25, 0.3) is 0 Å². The number of fused-ring (bicyclic) bond motifs is 1. The van der Waals surface area contributed by atoms with Crippen molar-refractivity contribution in [3.63, 3.8) is 0 Å². The number of hydrogen-bond donors (Lipinski definition) is 1. The molecule has 37 heavy (non-hydrogen) atoms. The van der Waals surface area contributed by atoms with Crippen molar-refractivity contribution in [3.8, 4) is 0 Å². The summed E-state index contributed by atoms with van der Waals surface area (Å²) in [6, 6.07) is 39.7. The van der Waals surface area contributed by atoms with Crippen molar-refractivity contribution >= 4 is 18.3 Å². The average Bonchev–Trinajstić information content (AvgIpc) is 3.28. The highest BCUT2D eigenvalue weighted by Gasteiger charge is 2.49. The molecule has 4 aromatic carbocycles. The topological polar surface area (TPSA) is 33.7 Å². The number of rotatable bonds is 5. The van der Waals surface area contributed by atoms with Gasteiger partial charge >= 0.3 is 7.12 Å². The number of nitrogens with zero attached hydrogens (tertiary/aromatic N) is 1. The molecule has 0 spiro atoms. The summed E-state index contributed by atoms with van der Waals surface area (Å²) in [6.07, 6.45) is 0.891. The van der Waals surface area contributed by atoms with E-state index in [9.17, 15) is 0 Å². The van der Waals surface area contributed by atoms with Crippen molar-refractivity contribution in [1.29, 1.82) is 0 Å². The number of nitrogens with one attached hydrogen (secondary N) is 1. The lowest BCUT2D eigenvalue weighted by Crippen LogP contribution is -2.50. The molecular formula is C32H33BN2O2. The molecule has 0 amide bonds. The molecule has 1 N–H and O–H groups in total. The summed E-state index contributed by atoms with van der Waals surface area (Å²) in [6.45, 7) is 2.96. The Morgan fingerprint density at radius 1 is 0.703 bits per heavy atom. The Hall–Kier alpha value is -3.38. The fourth-order valence-electron chi connectivity index (χ4n) is 6.32. The summed E-state index contributed by atoms with van der Waals surface area (Å²) in [5, 5.41) is 3.34. The molecule has 6 rings (SSSR count). The monoisotopic (exact) mass is 488 g/mol. The van der Waals surface area contributed by atoms with E-state index in [4.69, 9.17) is 9.31 Å². The van der Waals surface area contributed by atoms with Gasteiger partial charge in [0.05, 0.1) is 11.5 Å². The molecule has 1 saturated heterocycles. The minimum atomic E-state index is -0.374. The van der Waals surface area contributed by atoms with E-state index < -0.39 is 0 Å². The zero-order valence-electron chi connectivity index (χ0n) is 21.3. The van der Waals surface area contributed by atoms with Gasteiger partial charge in [0.2, 0.25) is 0 Å². The molecule has 2 heterocycles. The highest BCUT2D eigenvalue weighted by Crippen LogP contribution is 2.48. The van der Waals surface area contributed by atoms with E-state index in [0.717, 1.165) is 25.0 Å². The predicted molar refractivity (Wildman–Crippen MR) is 152 cm³/mol. The summed E-state index contributed by atoms with van der Waals surface area (Å²) in [7, 11) is 1.90. The lowest BCUT2D eigenvalue weighted by Gasteiger charge is -2.44. The van der Waals surface area contributed by atoms with Gasteiger partial charge in [-0.05, 0) is 40.2 Å². The van der Waals surface area contributed by atoms with Gasteiger partial charge in [0, 0.05) is 39.0 Å². The third kappa shape index (κ3) is 4.27. The van der Waals surface area contributed by atoms with Crippen molar-refractivity contribution in [3.05, 3.63) is 131 Å². The summed E-state index contributed by atoms with van der Waals surface area (Å²) >= 11 is 0. The maximum atomic E-state index is 6.20. The zero-order chi connectivity index (χ0) is 25.1. The largest absolute Gasteiger partial charge is 0.494 e. The molecule has 0 radical (unpaired) electrons. The van der Waals surface area contributed by atoms with Crippen LogP contribution in [0, 0.1) is 0 Å². The molecule has 5 heteroatoms. The molecule has 1 fully saturated rings. The van der Waals surface area contributed by atoms with E-state index in [1.54, 1.807) is 0 Å². The SMILES string of the molecule is CN1c2cccc(B3OCCNCCO3)c2CC1C(c1ccccc1)(c1ccccc1)c1ccccc1. The fraction of sp³-hybridized carbons (Fsp3) is 0.250. The summed E-state index contributed by atoms with van der Waals surface area (Å²) in [5.74, 6) is 0. The van der Waals surface area contributed by atoms with Crippen LogP contribution in [-0.4, -0.2) is 46.5 Å². The molecule has 4 nitrogen and oxygen atoms in total. The highest BCUT2D eigenvalue weighted by molar-refractivity contribution is 6.62. The molecule has 2 aliphatic heterocycles. The van der Waals surface area contributed by atoms with E-state index in [-0.39, 0.29) is 18.6 Å². The van der Waals surface area contributed by atoms with E-state index in [0.29, 0.717) is 13.2 Å². The van der Waals surface area contributed by atoms with Crippen LogP contribution in [0.4, 0.5) is 5.69 Å². The molecule has 1 atom stereocenters. The van der Waals surface area contributed by atoms with Gasteiger partial charge in [-0.25, -0.2) is 0 Å². The Bertz CT molecular complexity index is 1210. The molecule has 186 valence electrons. The predicted octanol–water partition coefficient (Wildman–Crippen LogP) is 4.41. The fourth-order valence-corrected chi connectivity index (χ4v) is 6.32. The third-order valence-corrected chi connectivity index (χ3v) is 7.97. The standard InChI is InChI=1S/C32H33BN2O2/c1-35-30-19-11-18-29(33-36-22-20-34-21-23-37-33)28(30)24-31(35)32(25-12-5-2-6-13-25,26-14-7-3-8-15-26)27-16-9-4-10-17-27/h2-19,31,34H,20-24H2,1H3. The molecule has 1 unspecified atom stereocenters. The Kier molecular flexibility index (Phi) is 6.84. The van der Waals surface area contributed by atoms with Crippen molar-refractivity contribution in [2.45, 2.75) is 17.9 Å². The van der Waals surface area contributed by atoms with Crippen LogP contribution in [0.15, 0.2) is 109 Å². The number of likely N-dealkylation sites (N-methyl/N-ethyl adjacent to an activating group) is 1. The molecule has 0 bridgehead atoms. The van der Waals surface area contributed by atoms with E-state index in [1.807, 2.05) is 0 Å². The zero-order valence-corrected chi connectivity index (χ0v) is 21.3. The van der Waals surface area contributed by atoms with Gasteiger partial charge in [-0.3, -0.25) is 0 Å². The summed E-state index contributed by atoms with van der Waals surface area (Å²) < 4.78 is 12.4. The molecule has 0 aliphatic carbocycles. The first-order chi connectivity index (χ1) is 18.3. The molecule has 0 saturated carbocycles. The van der Waals surface area contributed by atoms with Gasteiger partial charge in [-0.15, -0.1) is 0 Å². The second-order valence-corrected chi connectivity index (χ2v) is 9.91. The maximum absolute atomic E-state index is 6.20. The Labute approximate surface area is 220 Å². The Balaban J connectivity index is 1.53. The van der Waals surface area contributed by atoms with Gasteiger partial charge in [-0.1, -0.05) is 103 Å². The average molecular weight is 488 g/mol. The minimum absolute atomic E-state index is 0.158. The number of hydrogen-bond acceptors (Lipinski definition) is 4. The second-order valence-electron chi connectivity index (χ2n) is 9.91. The van der Waals surface area contributed by atoms with Crippen LogP contribution in [0.2, 0.25) is 0 Å². The first-order valence-electron chi connectivity index (χ1n) is 13.3.